The van der Waals surface area contributed by atoms with Crippen molar-refractivity contribution in [2.24, 2.45) is 39.7 Å². The van der Waals surface area contributed by atoms with Gasteiger partial charge in [-0.25, -0.2) is 0 Å². The molecule has 5 unspecified atom stereocenters. The van der Waals surface area contributed by atoms with Gasteiger partial charge in [0.15, 0.2) is 0 Å². The van der Waals surface area contributed by atoms with Crippen molar-refractivity contribution < 1.29 is 5.21 Å². The van der Waals surface area contributed by atoms with Crippen molar-refractivity contribution >= 4 is 5.71 Å². The Bertz CT molecular complexity index is 458. The second-order valence-electron chi connectivity index (χ2n) is 8.94. The first-order valence-electron chi connectivity index (χ1n) is 9.31. The fourth-order valence-electron chi connectivity index (χ4n) is 7.25. The second kappa shape index (κ2) is 4.73. The molecule has 4 fully saturated rings. The van der Waals surface area contributed by atoms with Crippen LogP contribution in [0.2, 0.25) is 0 Å². The predicted octanol–water partition coefficient (Wildman–Crippen LogP) is 5.25. The van der Waals surface area contributed by atoms with Crippen LogP contribution in [0, 0.1) is 34.5 Å². The zero-order valence-electron chi connectivity index (χ0n) is 13.8. The Morgan fingerprint density at radius 1 is 0.952 bits per heavy atom. The first-order valence-corrected chi connectivity index (χ1v) is 9.31. The monoisotopic (exact) mass is 289 g/mol. The van der Waals surface area contributed by atoms with E-state index >= 15 is 0 Å². The highest BCUT2D eigenvalue weighted by molar-refractivity contribution is 5.91. The van der Waals surface area contributed by atoms with Gasteiger partial charge in [-0.1, -0.05) is 31.8 Å². The maximum atomic E-state index is 9.39. The zero-order chi connectivity index (χ0) is 14.7. The fraction of sp³-hybridized carbons (Fsp3) is 0.947. The molecule has 1 N–H and O–H groups in total. The highest BCUT2D eigenvalue weighted by Gasteiger charge is 2.59. The van der Waals surface area contributed by atoms with E-state index in [2.05, 4.69) is 19.0 Å². The average molecular weight is 289 g/mol. The molecule has 4 saturated carbocycles. The minimum atomic E-state index is 0.216. The predicted molar refractivity (Wildman–Crippen MR) is 85.6 cm³/mol. The molecule has 0 aromatic rings. The van der Waals surface area contributed by atoms with E-state index in [1.165, 1.54) is 57.8 Å². The van der Waals surface area contributed by atoms with Gasteiger partial charge in [-0.2, -0.15) is 0 Å². The summed E-state index contributed by atoms with van der Waals surface area (Å²) in [5, 5.41) is 13.1. The van der Waals surface area contributed by atoms with Gasteiger partial charge >= 0.3 is 0 Å². The van der Waals surface area contributed by atoms with Crippen molar-refractivity contribution in [1.29, 1.82) is 0 Å². The van der Waals surface area contributed by atoms with Gasteiger partial charge in [0, 0.05) is 5.41 Å². The van der Waals surface area contributed by atoms with Crippen LogP contribution < -0.4 is 0 Å². The van der Waals surface area contributed by atoms with Crippen LogP contribution in [0.1, 0.15) is 78.1 Å². The Kier molecular flexibility index (Phi) is 3.17. The topological polar surface area (TPSA) is 32.6 Å². The number of nitrogens with zero attached hydrogens (tertiary/aromatic N) is 1. The molecular formula is C19H31NO. The quantitative estimate of drug-likeness (QED) is 0.479. The summed E-state index contributed by atoms with van der Waals surface area (Å²) in [4.78, 5) is 0. The fourth-order valence-corrected chi connectivity index (χ4v) is 7.25. The summed E-state index contributed by atoms with van der Waals surface area (Å²) in [5.41, 5.74) is 1.96. The maximum absolute atomic E-state index is 9.39. The molecule has 0 radical (unpaired) electrons. The number of hydrogen-bond donors (Lipinski definition) is 1. The molecule has 0 saturated heterocycles. The lowest BCUT2D eigenvalue weighted by atomic mass is 9.45. The van der Waals surface area contributed by atoms with Crippen LogP contribution in [0.15, 0.2) is 5.16 Å². The molecule has 0 aromatic carbocycles. The summed E-state index contributed by atoms with van der Waals surface area (Å²) in [6, 6.07) is 0. The van der Waals surface area contributed by atoms with E-state index in [1.807, 2.05) is 0 Å². The molecule has 0 bridgehead atoms. The normalized spacial score (nSPS) is 54.9. The maximum Gasteiger partial charge on any atom is 0.0632 e. The Hall–Kier alpha value is -0.530. The van der Waals surface area contributed by atoms with Gasteiger partial charge in [-0.15, -0.1) is 0 Å². The van der Waals surface area contributed by atoms with E-state index in [4.69, 9.17) is 0 Å². The summed E-state index contributed by atoms with van der Waals surface area (Å²) in [6.07, 6.45) is 13.8. The third-order valence-electron chi connectivity index (χ3n) is 8.44. The van der Waals surface area contributed by atoms with Gasteiger partial charge < -0.3 is 5.21 Å². The smallest absolute Gasteiger partial charge is 0.0632 e. The van der Waals surface area contributed by atoms with E-state index in [-0.39, 0.29) is 5.41 Å². The Morgan fingerprint density at radius 3 is 2.62 bits per heavy atom. The molecule has 118 valence electrons. The van der Waals surface area contributed by atoms with Gasteiger partial charge in [-0.3, -0.25) is 0 Å². The molecule has 2 nitrogen and oxygen atoms in total. The standard InChI is InChI=1S/C19H31NO/c1-18-11-4-3-5-13(18)6-7-14-15-8-9-17(20-21)19(15,2)12-10-16(14)18/h13-16,21H,3-12H2,1-2H3/b20-17+/t13-,14?,15?,16?,18?,19?/m1/s1. The summed E-state index contributed by atoms with van der Waals surface area (Å²) < 4.78 is 0. The van der Waals surface area contributed by atoms with Crippen molar-refractivity contribution in [2.75, 3.05) is 0 Å². The molecule has 21 heavy (non-hydrogen) atoms. The van der Waals surface area contributed by atoms with Gasteiger partial charge in [0.2, 0.25) is 0 Å². The van der Waals surface area contributed by atoms with Crippen LogP contribution in [-0.2, 0) is 0 Å². The molecule has 0 aromatic heterocycles. The number of oxime groups is 1. The first-order chi connectivity index (χ1) is 10.1. The van der Waals surface area contributed by atoms with E-state index in [0.29, 0.717) is 5.41 Å². The molecule has 4 aliphatic rings. The van der Waals surface area contributed by atoms with E-state index in [0.717, 1.165) is 35.8 Å². The Labute approximate surface area is 129 Å². The molecule has 0 aliphatic heterocycles. The highest BCUT2D eigenvalue weighted by atomic mass is 16.4. The number of rotatable bonds is 0. The molecule has 0 spiro atoms. The van der Waals surface area contributed by atoms with Crippen molar-refractivity contribution in [3.63, 3.8) is 0 Å². The zero-order valence-corrected chi connectivity index (χ0v) is 13.8. The molecule has 4 rings (SSSR count). The Balaban J connectivity index is 1.66. The van der Waals surface area contributed by atoms with Crippen LogP contribution in [0.4, 0.5) is 0 Å². The molecule has 0 amide bonds. The largest absolute Gasteiger partial charge is 0.411 e. The van der Waals surface area contributed by atoms with Crippen LogP contribution >= 0.6 is 0 Å². The summed E-state index contributed by atoms with van der Waals surface area (Å²) in [5.74, 6) is 3.65. The summed E-state index contributed by atoms with van der Waals surface area (Å²) in [7, 11) is 0. The van der Waals surface area contributed by atoms with Gasteiger partial charge in [-0.05, 0) is 80.5 Å². The van der Waals surface area contributed by atoms with Crippen LogP contribution in [0.3, 0.4) is 0 Å². The molecular weight excluding hydrogens is 258 g/mol. The lowest BCUT2D eigenvalue weighted by molar-refractivity contribution is -0.0938. The van der Waals surface area contributed by atoms with Gasteiger partial charge in [0.25, 0.3) is 0 Å². The highest BCUT2D eigenvalue weighted by Crippen LogP contribution is 2.65. The van der Waals surface area contributed by atoms with Crippen molar-refractivity contribution in [3.05, 3.63) is 0 Å². The lowest BCUT2D eigenvalue weighted by Gasteiger charge is -2.59. The van der Waals surface area contributed by atoms with E-state index < -0.39 is 0 Å². The van der Waals surface area contributed by atoms with Gasteiger partial charge in [0.1, 0.15) is 0 Å². The number of hydrogen-bond acceptors (Lipinski definition) is 2. The first kappa shape index (κ1) is 14.1. The molecule has 4 aliphatic carbocycles. The molecule has 6 atom stereocenters. The summed E-state index contributed by atoms with van der Waals surface area (Å²) >= 11 is 0. The minimum absolute atomic E-state index is 0.216. The lowest BCUT2D eigenvalue weighted by Crippen LogP contribution is -2.52. The van der Waals surface area contributed by atoms with Crippen LogP contribution in [0.5, 0.6) is 0 Å². The molecule has 2 heteroatoms. The van der Waals surface area contributed by atoms with E-state index in [1.54, 1.807) is 0 Å². The van der Waals surface area contributed by atoms with Crippen LogP contribution in [-0.4, -0.2) is 10.9 Å². The number of fused-ring (bicyclic) bond motifs is 5. The van der Waals surface area contributed by atoms with Crippen molar-refractivity contribution in [2.45, 2.75) is 78.1 Å². The van der Waals surface area contributed by atoms with Crippen LogP contribution in [0.25, 0.3) is 0 Å². The second-order valence-corrected chi connectivity index (χ2v) is 8.94. The Morgan fingerprint density at radius 2 is 1.81 bits per heavy atom. The van der Waals surface area contributed by atoms with Gasteiger partial charge in [0.05, 0.1) is 5.71 Å². The van der Waals surface area contributed by atoms with Crippen molar-refractivity contribution in [1.82, 2.24) is 0 Å². The molecule has 0 heterocycles. The average Bonchev–Trinajstić information content (AvgIpc) is 2.83. The SMILES string of the molecule is CC12CCC3C(CC[C@H]4CCCCC34C)C1CC/C2=N\O. The van der Waals surface area contributed by atoms with Crippen molar-refractivity contribution in [3.8, 4) is 0 Å². The van der Waals surface area contributed by atoms with E-state index in [9.17, 15) is 5.21 Å². The third kappa shape index (κ3) is 1.80. The summed E-state index contributed by atoms with van der Waals surface area (Å²) in [6.45, 7) is 5.03. The third-order valence-corrected chi connectivity index (χ3v) is 8.44. The minimum Gasteiger partial charge on any atom is -0.411 e.